The minimum absolute atomic E-state index is 0.619. The fourth-order valence-corrected chi connectivity index (χ4v) is 2.78. The first kappa shape index (κ1) is 15.1. The molecule has 1 heterocycles. The van der Waals surface area contributed by atoms with E-state index in [0.29, 0.717) is 12.6 Å². The number of likely N-dealkylation sites (N-methyl/N-ethyl adjacent to an activating group) is 1. The summed E-state index contributed by atoms with van der Waals surface area (Å²) >= 11 is 0. The molecular formula is C16H26N2O2. The molecule has 1 aliphatic heterocycles. The third-order valence-electron chi connectivity index (χ3n) is 3.85. The van der Waals surface area contributed by atoms with Crippen LogP contribution in [0, 0.1) is 0 Å². The maximum atomic E-state index is 5.64. The predicted molar refractivity (Wildman–Crippen MR) is 81.5 cm³/mol. The lowest BCUT2D eigenvalue weighted by atomic mass is 10.0. The number of likely N-dealkylation sites (tertiary alicyclic amines) is 1. The summed E-state index contributed by atoms with van der Waals surface area (Å²) in [7, 11) is 3.73. The monoisotopic (exact) mass is 278 g/mol. The zero-order chi connectivity index (χ0) is 14.4. The number of nitrogens with one attached hydrogen (secondary N) is 1. The third-order valence-corrected chi connectivity index (χ3v) is 3.85. The molecule has 1 fully saturated rings. The fourth-order valence-electron chi connectivity index (χ4n) is 2.78. The fraction of sp³-hybridized carbons (Fsp3) is 0.625. The second-order valence-corrected chi connectivity index (χ2v) is 5.28. The largest absolute Gasteiger partial charge is 0.493 e. The SMILES string of the molecule is CCOc1cc(CN2CCCC(NC)C2)ccc1OC. The van der Waals surface area contributed by atoms with Crippen LogP contribution in [0.5, 0.6) is 11.5 Å². The Morgan fingerprint density at radius 1 is 1.35 bits per heavy atom. The van der Waals surface area contributed by atoms with Crippen LogP contribution in [-0.4, -0.2) is 44.8 Å². The lowest BCUT2D eigenvalue weighted by molar-refractivity contribution is 0.187. The smallest absolute Gasteiger partial charge is 0.161 e. The molecule has 1 aromatic carbocycles. The van der Waals surface area contributed by atoms with Gasteiger partial charge in [0.05, 0.1) is 13.7 Å². The van der Waals surface area contributed by atoms with Crippen molar-refractivity contribution in [3.05, 3.63) is 23.8 Å². The van der Waals surface area contributed by atoms with Crippen LogP contribution in [0.2, 0.25) is 0 Å². The van der Waals surface area contributed by atoms with Crippen molar-refractivity contribution in [3.63, 3.8) is 0 Å². The standard InChI is InChI=1S/C16H26N2O2/c1-4-20-16-10-13(7-8-15(16)19-3)11-18-9-5-6-14(12-18)17-2/h7-8,10,14,17H,4-6,9,11-12H2,1-3H3. The van der Waals surface area contributed by atoms with Crippen molar-refractivity contribution < 1.29 is 9.47 Å². The van der Waals surface area contributed by atoms with E-state index in [9.17, 15) is 0 Å². The summed E-state index contributed by atoms with van der Waals surface area (Å²) in [6, 6.07) is 6.85. The molecule has 0 radical (unpaired) electrons. The van der Waals surface area contributed by atoms with Gasteiger partial charge in [-0.15, -0.1) is 0 Å². The van der Waals surface area contributed by atoms with Gasteiger partial charge in [0.15, 0.2) is 11.5 Å². The highest BCUT2D eigenvalue weighted by molar-refractivity contribution is 5.42. The molecule has 1 aliphatic rings. The molecule has 1 aromatic rings. The van der Waals surface area contributed by atoms with Crippen LogP contribution >= 0.6 is 0 Å². The number of hydrogen-bond acceptors (Lipinski definition) is 4. The second-order valence-electron chi connectivity index (χ2n) is 5.28. The summed E-state index contributed by atoms with van der Waals surface area (Å²) in [4.78, 5) is 2.50. The molecule has 0 amide bonds. The maximum absolute atomic E-state index is 5.64. The van der Waals surface area contributed by atoms with Gasteiger partial charge >= 0.3 is 0 Å². The highest BCUT2D eigenvalue weighted by atomic mass is 16.5. The molecule has 112 valence electrons. The van der Waals surface area contributed by atoms with Gasteiger partial charge in [-0.05, 0) is 51.1 Å². The summed E-state index contributed by atoms with van der Waals surface area (Å²) in [5, 5.41) is 3.38. The van der Waals surface area contributed by atoms with Crippen LogP contribution in [0.1, 0.15) is 25.3 Å². The summed E-state index contributed by atoms with van der Waals surface area (Å²) in [6.07, 6.45) is 2.54. The zero-order valence-corrected chi connectivity index (χ0v) is 12.8. The van der Waals surface area contributed by atoms with Crippen molar-refractivity contribution in [1.82, 2.24) is 10.2 Å². The first-order valence-corrected chi connectivity index (χ1v) is 7.46. The molecule has 0 saturated carbocycles. The molecule has 1 atom stereocenters. The van der Waals surface area contributed by atoms with E-state index in [1.165, 1.54) is 24.9 Å². The quantitative estimate of drug-likeness (QED) is 0.865. The predicted octanol–water partition coefficient (Wildman–Crippen LogP) is 2.28. The van der Waals surface area contributed by atoms with E-state index >= 15 is 0 Å². The summed E-state index contributed by atoms with van der Waals surface area (Å²) in [5.41, 5.74) is 1.28. The number of benzene rings is 1. The molecule has 1 unspecified atom stereocenters. The van der Waals surface area contributed by atoms with Gasteiger partial charge < -0.3 is 14.8 Å². The molecule has 20 heavy (non-hydrogen) atoms. The number of piperidine rings is 1. The van der Waals surface area contributed by atoms with Crippen molar-refractivity contribution >= 4 is 0 Å². The van der Waals surface area contributed by atoms with Gasteiger partial charge in [-0.25, -0.2) is 0 Å². The van der Waals surface area contributed by atoms with Gasteiger partial charge in [0, 0.05) is 19.1 Å². The molecule has 0 bridgehead atoms. The van der Waals surface area contributed by atoms with E-state index in [-0.39, 0.29) is 0 Å². The average molecular weight is 278 g/mol. The van der Waals surface area contributed by atoms with Crippen LogP contribution in [0.3, 0.4) is 0 Å². The summed E-state index contributed by atoms with van der Waals surface area (Å²) in [5.74, 6) is 1.65. The Balaban J connectivity index is 2.03. The van der Waals surface area contributed by atoms with Gasteiger partial charge in [-0.1, -0.05) is 6.07 Å². The first-order chi connectivity index (χ1) is 9.76. The van der Waals surface area contributed by atoms with Crippen LogP contribution in [-0.2, 0) is 6.54 Å². The highest BCUT2D eigenvalue weighted by Gasteiger charge is 2.18. The lowest BCUT2D eigenvalue weighted by Gasteiger charge is -2.32. The average Bonchev–Trinajstić information content (AvgIpc) is 2.48. The van der Waals surface area contributed by atoms with E-state index < -0.39 is 0 Å². The van der Waals surface area contributed by atoms with Crippen molar-refractivity contribution in [3.8, 4) is 11.5 Å². The Bertz CT molecular complexity index is 423. The normalized spacial score (nSPS) is 19.9. The number of ether oxygens (including phenoxy) is 2. The van der Waals surface area contributed by atoms with Crippen LogP contribution in [0.4, 0.5) is 0 Å². The molecule has 0 spiro atoms. The molecule has 4 heteroatoms. The molecule has 1 N–H and O–H groups in total. The van der Waals surface area contributed by atoms with Gasteiger partial charge in [0.25, 0.3) is 0 Å². The number of rotatable bonds is 6. The Morgan fingerprint density at radius 3 is 2.90 bits per heavy atom. The first-order valence-electron chi connectivity index (χ1n) is 7.46. The Hall–Kier alpha value is -1.26. The van der Waals surface area contributed by atoms with E-state index in [0.717, 1.165) is 24.6 Å². The Kier molecular flexibility index (Phi) is 5.68. The van der Waals surface area contributed by atoms with Gasteiger partial charge in [-0.2, -0.15) is 0 Å². The lowest BCUT2D eigenvalue weighted by Crippen LogP contribution is -2.43. The van der Waals surface area contributed by atoms with E-state index in [1.54, 1.807) is 7.11 Å². The van der Waals surface area contributed by atoms with Gasteiger partial charge in [0.1, 0.15) is 0 Å². The maximum Gasteiger partial charge on any atom is 0.161 e. The summed E-state index contributed by atoms with van der Waals surface area (Å²) < 4.78 is 11.0. The number of methoxy groups -OCH3 is 1. The number of nitrogens with zero attached hydrogens (tertiary/aromatic N) is 1. The van der Waals surface area contributed by atoms with Crippen molar-refractivity contribution in [2.45, 2.75) is 32.4 Å². The Morgan fingerprint density at radius 2 is 2.20 bits per heavy atom. The van der Waals surface area contributed by atoms with Crippen LogP contribution in [0.15, 0.2) is 18.2 Å². The molecule has 1 saturated heterocycles. The summed E-state index contributed by atoms with van der Waals surface area (Å²) in [6.45, 7) is 5.92. The van der Waals surface area contributed by atoms with Crippen molar-refractivity contribution in [1.29, 1.82) is 0 Å². The van der Waals surface area contributed by atoms with E-state index in [1.807, 2.05) is 13.0 Å². The van der Waals surface area contributed by atoms with Crippen LogP contribution in [0.25, 0.3) is 0 Å². The number of hydrogen-bond donors (Lipinski definition) is 1. The molecule has 0 aromatic heterocycles. The Labute approximate surface area is 122 Å². The molecule has 2 rings (SSSR count). The van der Waals surface area contributed by atoms with Crippen LogP contribution < -0.4 is 14.8 Å². The van der Waals surface area contributed by atoms with Crippen molar-refractivity contribution in [2.24, 2.45) is 0 Å². The van der Waals surface area contributed by atoms with Crippen molar-refractivity contribution in [2.75, 3.05) is 33.9 Å². The second kappa shape index (κ2) is 7.50. The topological polar surface area (TPSA) is 33.7 Å². The molecule has 0 aliphatic carbocycles. The minimum Gasteiger partial charge on any atom is -0.493 e. The van der Waals surface area contributed by atoms with Gasteiger partial charge in [0.2, 0.25) is 0 Å². The van der Waals surface area contributed by atoms with Gasteiger partial charge in [-0.3, -0.25) is 4.90 Å². The minimum atomic E-state index is 0.619. The van der Waals surface area contributed by atoms with E-state index in [4.69, 9.17) is 9.47 Å². The molecule has 4 nitrogen and oxygen atoms in total. The highest BCUT2D eigenvalue weighted by Crippen LogP contribution is 2.28. The third kappa shape index (κ3) is 3.87. The van der Waals surface area contributed by atoms with E-state index in [2.05, 4.69) is 29.4 Å². The molecular weight excluding hydrogens is 252 g/mol. The zero-order valence-electron chi connectivity index (χ0n) is 12.8.